The third-order valence-electron chi connectivity index (χ3n) is 5.40. The highest BCUT2D eigenvalue weighted by Gasteiger charge is 2.22. The Morgan fingerprint density at radius 1 is 1.04 bits per heavy atom. The van der Waals surface area contributed by atoms with Gasteiger partial charge in [-0.1, -0.05) is 45.8 Å². The molecular weight excluding hydrogens is 418 g/mol. The van der Waals surface area contributed by atoms with Gasteiger partial charge in [-0.05, 0) is 43.5 Å². The first-order chi connectivity index (χ1) is 13.6. The summed E-state index contributed by atoms with van der Waals surface area (Å²) in [6.07, 6.45) is 2.31. The summed E-state index contributed by atoms with van der Waals surface area (Å²) in [6.45, 7) is 4.46. The number of rotatable bonds is 3. The number of halogens is 1. The lowest BCUT2D eigenvalue weighted by Crippen LogP contribution is -2.26. The second-order valence-corrected chi connectivity index (χ2v) is 8.28. The Morgan fingerprint density at radius 3 is 2.54 bits per heavy atom. The van der Waals surface area contributed by atoms with Crippen molar-refractivity contribution in [2.24, 2.45) is 0 Å². The van der Waals surface area contributed by atoms with E-state index in [0.29, 0.717) is 17.7 Å². The Kier molecular flexibility index (Phi) is 4.19. The van der Waals surface area contributed by atoms with Crippen molar-refractivity contribution in [3.05, 3.63) is 68.4 Å². The number of hydrogen-bond donors (Lipinski definition) is 0. The van der Waals surface area contributed by atoms with Crippen LogP contribution in [0.15, 0.2) is 51.7 Å². The normalized spacial score (nSPS) is 14.4. The van der Waals surface area contributed by atoms with Gasteiger partial charge in [0.2, 0.25) is 11.7 Å². The Bertz CT molecular complexity index is 1240. The second kappa shape index (κ2) is 6.74. The van der Waals surface area contributed by atoms with Crippen LogP contribution in [-0.2, 0) is 6.54 Å². The van der Waals surface area contributed by atoms with Crippen molar-refractivity contribution in [3.8, 4) is 0 Å². The van der Waals surface area contributed by atoms with Gasteiger partial charge in [0.05, 0.1) is 17.4 Å². The Balaban J connectivity index is 1.79. The fraction of sp³-hybridized carbons (Fsp3) is 0.286. The maximum atomic E-state index is 13.3. The number of fused-ring (bicyclic) bond motifs is 3. The van der Waals surface area contributed by atoms with E-state index in [1.807, 2.05) is 22.6 Å². The van der Waals surface area contributed by atoms with Crippen molar-refractivity contribution in [1.82, 2.24) is 19.2 Å². The van der Waals surface area contributed by atoms with Gasteiger partial charge in [0, 0.05) is 17.6 Å². The maximum absolute atomic E-state index is 13.3. The van der Waals surface area contributed by atoms with Gasteiger partial charge in [0.1, 0.15) is 0 Å². The van der Waals surface area contributed by atoms with Crippen LogP contribution in [0.2, 0.25) is 0 Å². The van der Waals surface area contributed by atoms with Gasteiger partial charge < -0.3 is 4.90 Å². The highest BCUT2D eigenvalue weighted by molar-refractivity contribution is 9.10. The predicted octanol–water partition coefficient (Wildman–Crippen LogP) is 3.76. The minimum atomic E-state index is -0.0512. The number of aryl methyl sites for hydroxylation is 1. The highest BCUT2D eigenvalue weighted by Crippen LogP contribution is 2.25. The summed E-state index contributed by atoms with van der Waals surface area (Å²) in [5.74, 6) is 1.40. The van der Waals surface area contributed by atoms with E-state index in [-0.39, 0.29) is 5.56 Å². The van der Waals surface area contributed by atoms with Gasteiger partial charge in [-0.2, -0.15) is 0 Å². The van der Waals surface area contributed by atoms with E-state index in [2.05, 4.69) is 62.2 Å². The van der Waals surface area contributed by atoms with Crippen molar-refractivity contribution >= 4 is 38.6 Å². The fourth-order valence-electron chi connectivity index (χ4n) is 3.91. The molecule has 0 N–H and O–H groups in total. The van der Waals surface area contributed by atoms with Crippen molar-refractivity contribution in [2.45, 2.75) is 26.3 Å². The second-order valence-electron chi connectivity index (χ2n) is 7.37. The molecule has 0 amide bonds. The Hall–Kier alpha value is -2.67. The molecule has 0 saturated carbocycles. The van der Waals surface area contributed by atoms with E-state index in [4.69, 9.17) is 0 Å². The molecule has 4 aromatic rings. The van der Waals surface area contributed by atoms with Gasteiger partial charge in [-0.25, -0.2) is 4.40 Å². The number of benzene rings is 2. The predicted molar refractivity (Wildman–Crippen MR) is 114 cm³/mol. The van der Waals surface area contributed by atoms with E-state index < -0.39 is 0 Å². The van der Waals surface area contributed by atoms with Gasteiger partial charge in [-0.3, -0.25) is 9.36 Å². The van der Waals surface area contributed by atoms with Crippen LogP contribution in [0.5, 0.6) is 0 Å². The van der Waals surface area contributed by atoms with Gasteiger partial charge in [0.25, 0.3) is 5.56 Å². The van der Waals surface area contributed by atoms with E-state index >= 15 is 0 Å². The molecule has 142 valence electrons. The zero-order valence-electron chi connectivity index (χ0n) is 15.6. The molecule has 5 rings (SSSR count). The molecule has 28 heavy (non-hydrogen) atoms. The molecule has 6 nitrogen and oxygen atoms in total. The van der Waals surface area contributed by atoms with Crippen molar-refractivity contribution in [1.29, 1.82) is 0 Å². The number of anilines is 1. The monoisotopic (exact) mass is 437 g/mol. The van der Waals surface area contributed by atoms with Crippen LogP contribution in [0.1, 0.15) is 24.0 Å². The van der Waals surface area contributed by atoms with Crippen LogP contribution in [-0.4, -0.2) is 32.3 Å². The lowest BCUT2D eigenvalue weighted by Gasteiger charge is -2.17. The third kappa shape index (κ3) is 2.81. The van der Waals surface area contributed by atoms with Crippen molar-refractivity contribution in [2.75, 3.05) is 18.0 Å². The van der Waals surface area contributed by atoms with E-state index in [1.165, 1.54) is 5.56 Å². The molecule has 2 aromatic heterocycles. The smallest absolute Gasteiger partial charge is 0.263 e. The van der Waals surface area contributed by atoms with E-state index in [1.54, 1.807) is 4.57 Å². The summed E-state index contributed by atoms with van der Waals surface area (Å²) >= 11 is 3.51. The SMILES string of the molecule is Cc1ccc(Cn2c(=O)c3cc(Br)ccc3n3c(N4CCCC4)nnc23)cc1. The first kappa shape index (κ1) is 17.4. The summed E-state index contributed by atoms with van der Waals surface area (Å²) in [4.78, 5) is 15.6. The molecule has 1 saturated heterocycles. The van der Waals surface area contributed by atoms with Crippen molar-refractivity contribution in [3.63, 3.8) is 0 Å². The fourth-order valence-corrected chi connectivity index (χ4v) is 4.27. The number of hydrogen-bond acceptors (Lipinski definition) is 4. The first-order valence-electron chi connectivity index (χ1n) is 9.49. The lowest BCUT2D eigenvalue weighted by atomic mass is 10.1. The molecule has 1 fully saturated rings. The zero-order chi connectivity index (χ0) is 19.3. The maximum Gasteiger partial charge on any atom is 0.263 e. The summed E-state index contributed by atoms with van der Waals surface area (Å²) in [5, 5.41) is 9.57. The van der Waals surface area contributed by atoms with Gasteiger partial charge >= 0.3 is 0 Å². The molecule has 7 heteroatoms. The molecule has 0 spiro atoms. The van der Waals surface area contributed by atoms with Crippen LogP contribution in [0, 0.1) is 6.92 Å². The highest BCUT2D eigenvalue weighted by atomic mass is 79.9. The third-order valence-corrected chi connectivity index (χ3v) is 5.89. The lowest BCUT2D eigenvalue weighted by molar-refractivity contribution is 0.765. The molecule has 1 aliphatic rings. The van der Waals surface area contributed by atoms with E-state index in [0.717, 1.165) is 47.4 Å². The van der Waals surface area contributed by atoms with Crippen LogP contribution in [0.25, 0.3) is 16.7 Å². The minimum absolute atomic E-state index is 0.0512. The summed E-state index contributed by atoms with van der Waals surface area (Å²) in [6, 6.07) is 14.0. The van der Waals surface area contributed by atoms with E-state index in [9.17, 15) is 4.79 Å². The van der Waals surface area contributed by atoms with Crippen LogP contribution >= 0.6 is 15.9 Å². The average molecular weight is 438 g/mol. The Morgan fingerprint density at radius 2 is 1.79 bits per heavy atom. The molecule has 0 radical (unpaired) electrons. The van der Waals surface area contributed by atoms with Crippen LogP contribution in [0.4, 0.5) is 5.95 Å². The molecule has 0 atom stereocenters. The zero-order valence-corrected chi connectivity index (χ0v) is 17.2. The molecular formula is C21H20BrN5O. The molecule has 1 aliphatic heterocycles. The first-order valence-corrected chi connectivity index (χ1v) is 10.3. The summed E-state index contributed by atoms with van der Waals surface area (Å²) < 4.78 is 4.64. The van der Waals surface area contributed by atoms with Crippen LogP contribution < -0.4 is 10.5 Å². The largest absolute Gasteiger partial charge is 0.341 e. The summed E-state index contributed by atoms with van der Waals surface area (Å²) in [7, 11) is 0. The quantitative estimate of drug-likeness (QED) is 0.489. The average Bonchev–Trinajstić information content (AvgIpc) is 3.36. The standard InChI is InChI=1S/C21H20BrN5O/c1-14-4-6-15(7-5-14)13-26-19(28)17-12-16(22)8-9-18(17)27-20(23-24-21(26)27)25-10-2-3-11-25/h4-9,12H,2-3,10-11,13H2,1H3. The number of nitrogens with zero attached hydrogens (tertiary/aromatic N) is 5. The number of aromatic nitrogens is 4. The molecule has 2 aromatic carbocycles. The summed E-state index contributed by atoms with van der Waals surface area (Å²) in [5.41, 5.74) is 3.05. The molecule has 0 bridgehead atoms. The molecule has 0 aliphatic carbocycles. The van der Waals surface area contributed by atoms with Gasteiger partial charge in [0.15, 0.2) is 0 Å². The Labute approximate surface area is 170 Å². The molecule has 3 heterocycles. The van der Waals surface area contributed by atoms with Crippen molar-refractivity contribution < 1.29 is 0 Å². The molecule has 0 unspecified atom stereocenters. The van der Waals surface area contributed by atoms with Gasteiger partial charge in [-0.15, -0.1) is 10.2 Å². The van der Waals surface area contributed by atoms with Crippen LogP contribution in [0.3, 0.4) is 0 Å². The minimum Gasteiger partial charge on any atom is -0.341 e. The topological polar surface area (TPSA) is 55.4 Å².